The Morgan fingerprint density at radius 1 is 1.12 bits per heavy atom. The lowest BCUT2D eigenvalue weighted by Gasteiger charge is -2.38. The number of carbonyl (C=O) groups is 2. The van der Waals surface area contributed by atoms with Crippen LogP contribution in [0.3, 0.4) is 0 Å². The van der Waals surface area contributed by atoms with Crippen molar-refractivity contribution in [2.75, 3.05) is 13.7 Å². The van der Waals surface area contributed by atoms with Gasteiger partial charge in [-0.05, 0) is 18.1 Å². The number of rotatable bonds is 4. The molecule has 2 fully saturated rings. The molecular formula is C21H22N2O3. The maximum atomic E-state index is 13.0. The maximum absolute atomic E-state index is 13.0. The molecule has 2 heterocycles. The van der Waals surface area contributed by atoms with E-state index >= 15 is 0 Å². The highest BCUT2D eigenvalue weighted by Gasteiger charge is 2.59. The second-order valence-corrected chi connectivity index (χ2v) is 6.89. The summed E-state index contributed by atoms with van der Waals surface area (Å²) in [6.07, 6.45) is 0.930. The van der Waals surface area contributed by atoms with Crippen LogP contribution in [-0.2, 0) is 16.1 Å². The number of carbonyl (C=O) groups excluding carboxylic acids is 2. The summed E-state index contributed by atoms with van der Waals surface area (Å²) in [4.78, 5) is 27.5. The van der Waals surface area contributed by atoms with E-state index in [4.69, 9.17) is 4.74 Å². The number of nitrogens with zero attached hydrogens (tertiary/aromatic N) is 1. The highest BCUT2D eigenvalue weighted by molar-refractivity contribution is 5.97. The van der Waals surface area contributed by atoms with Gasteiger partial charge in [-0.1, -0.05) is 48.5 Å². The molecule has 4 rings (SSSR count). The largest absolute Gasteiger partial charge is 0.496 e. The van der Waals surface area contributed by atoms with Crippen molar-refractivity contribution in [1.29, 1.82) is 0 Å². The second kappa shape index (κ2) is 6.48. The molecule has 2 aromatic rings. The third-order valence-electron chi connectivity index (χ3n) is 5.64. The van der Waals surface area contributed by atoms with Crippen molar-refractivity contribution in [3.8, 4) is 5.75 Å². The summed E-state index contributed by atoms with van der Waals surface area (Å²) in [6.45, 7) is 0.955. The molecule has 2 saturated heterocycles. The number of amides is 2. The Morgan fingerprint density at radius 3 is 2.62 bits per heavy atom. The van der Waals surface area contributed by atoms with E-state index in [-0.39, 0.29) is 17.7 Å². The van der Waals surface area contributed by atoms with Gasteiger partial charge in [0.15, 0.2) is 0 Å². The Morgan fingerprint density at radius 2 is 1.85 bits per heavy atom. The number of methoxy groups -OCH3 is 1. The number of para-hydroxylation sites is 1. The van der Waals surface area contributed by atoms with Crippen LogP contribution in [0.2, 0.25) is 0 Å². The van der Waals surface area contributed by atoms with Crippen molar-refractivity contribution >= 4 is 11.8 Å². The molecule has 5 heteroatoms. The highest BCUT2D eigenvalue weighted by Crippen LogP contribution is 2.47. The molecule has 0 unspecified atom stereocenters. The fraction of sp³-hybridized carbons (Fsp3) is 0.333. The predicted octanol–water partition coefficient (Wildman–Crippen LogP) is 2.47. The van der Waals surface area contributed by atoms with E-state index in [1.807, 2.05) is 54.6 Å². The van der Waals surface area contributed by atoms with Crippen molar-refractivity contribution in [2.24, 2.45) is 0 Å². The number of hydrogen-bond acceptors (Lipinski definition) is 3. The van der Waals surface area contributed by atoms with Crippen molar-refractivity contribution in [3.05, 3.63) is 65.7 Å². The van der Waals surface area contributed by atoms with Crippen molar-refractivity contribution in [2.45, 2.75) is 30.8 Å². The van der Waals surface area contributed by atoms with Gasteiger partial charge in [0.1, 0.15) is 11.3 Å². The van der Waals surface area contributed by atoms with Gasteiger partial charge in [-0.15, -0.1) is 0 Å². The quantitative estimate of drug-likeness (QED) is 0.922. The van der Waals surface area contributed by atoms with Crippen LogP contribution in [0.15, 0.2) is 54.6 Å². The minimum absolute atomic E-state index is 0.0331. The Labute approximate surface area is 153 Å². The van der Waals surface area contributed by atoms with E-state index in [2.05, 4.69) is 5.32 Å². The van der Waals surface area contributed by atoms with Crippen LogP contribution in [0.5, 0.6) is 5.75 Å². The van der Waals surface area contributed by atoms with Gasteiger partial charge in [0, 0.05) is 31.0 Å². The van der Waals surface area contributed by atoms with Crippen LogP contribution in [0.4, 0.5) is 0 Å². The lowest BCUT2D eigenvalue weighted by molar-refractivity contribution is -0.140. The summed E-state index contributed by atoms with van der Waals surface area (Å²) in [5.41, 5.74) is 1.16. The zero-order valence-electron chi connectivity index (χ0n) is 14.8. The van der Waals surface area contributed by atoms with E-state index in [0.717, 1.165) is 16.9 Å². The van der Waals surface area contributed by atoms with Gasteiger partial charge in [-0.3, -0.25) is 9.59 Å². The summed E-state index contributed by atoms with van der Waals surface area (Å²) < 4.78 is 5.53. The summed E-state index contributed by atoms with van der Waals surface area (Å²) in [6, 6.07) is 17.6. The number of hydrogen-bond donors (Lipinski definition) is 1. The third-order valence-corrected chi connectivity index (χ3v) is 5.64. The molecule has 0 bridgehead atoms. The van der Waals surface area contributed by atoms with Crippen molar-refractivity contribution in [1.82, 2.24) is 10.2 Å². The van der Waals surface area contributed by atoms with E-state index in [1.54, 1.807) is 12.0 Å². The third kappa shape index (κ3) is 2.46. The summed E-state index contributed by atoms with van der Waals surface area (Å²) >= 11 is 0. The first kappa shape index (κ1) is 16.6. The molecule has 0 saturated carbocycles. The summed E-state index contributed by atoms with van der Waals surface area (Å²) in [5.74, 6) is 0.606. The fourth-order valence-electron chi connectivity index (χ4n) is 4.38. The lowest BCUT2D eigenvalue weighted by atomic mass is 9.79. The van der Waals surface area contributed by atoms with Gasteiger partial charge >= 0.3 is 0 Å². The van der Waals surface area contributed by atoms with Gasteiger partial charge in [0.2, 0.25) is 11.8 Å². The van der Waals surface area contributed by atoms with Crippen LogP contribution in [0, 0.1) is 0 Å². The van der Waals surface area contributed by atoms with Crippen LogP contribution < -0.4 is 10.1 Å². The van der Waals surface area contributed by atoms with E-state index in [9.17, 15) is 9.59 Å². The van der Waals surface area contributed by atoms with Gasteiger partial charge in [-0.2, -0.15) is 0 Å². The molecule has 2 aliphatic heterocycles. The van der Waals surface area contributed by atoms with E-state index in [0.29, 0.717) is 25.9 Å². The monoisotopic (exact) mass is 350 g/mol. The van der Waals surface area contributed by atoms with Crippen LogP contribution in [-0.4, -0.2) is 35.9 Å². The molecule has 134 valence electrons. The summed E-state index contributed by atoms with van der Waals surface area (Å²) in [7, 11) is 1.64. The molecular weight excluding hydrogens is 328 g/mol. The number of benzene rings is 2. The Hall–Kier alpha value is -2.82. The van der Waals surface area contributed by atoms with Crippen LogP contribution in [0.25, 0.3) is 0 Å². The van der Waals surface area contributed by atoms with Gasteiger partial charge in [0.25, 0.3) is 0 Å². The smallest absolute Gasteiger partial charge is 0.246 e. The van der Waals surface area contributed by atoms with Crippen LogP contribution in [0.1, 0.15) is 29.9 Å². The Balaban J connectivity index is 1.77. The molecule has 0 aliphatic carbocycles. The first-order valence-electron chi connectivity index (χ1n) is 8.92. The minimum Gasteiger partial charge on any atom is -0.496 e. The van der Waals surface area contributed by atoms with Gasteiger partial charge in [-0.25, -0.2) is 0 Å². The van der Waals surface area contributed by atoms with Gasteiger partial charge < -0.3 is 15.0 Å². The second-order valence-electron chi connectivity index (χ2n) is 6.89. The summed E-state index contributed by atoms with van der Waals surface area (Å²) in [5, 5.41) is 3.00. The Bertz CT molecular complexity index is 836. The van der Waals surface area contributed by atoms with Crippen LogP contribution >= 0.6 is 0 Å². The topological polar surface area (TPSA) is 58.6 Å². The average Bonchev–Trinajstić information content (AvgIpc) is 3.18. The molecule has 2 atom stereocenters. The minimum atomic E-state index is -0.846. The molecule has 1 N–H and O–H groups in total. The number of nitrogens with one attached hydrogen (secondary N) is 1. The van der Waals surface area contributed by atoms with Crippen molar-refractivity contribution in [3.63, 3.8) is 0 Å². The molecule has 0 radical (unpaired) electrons. The molecule has 26 heavy (non-hydrogen) atoms. The molecule has 2 aliphatic rings. The SMILES string of the molecule is COc1ccccc1[C@@H]1CNC(=O)[C@]12CCC(=O)N2Cc1ccccc1. The standard InChI is InChI=1S/C21H22N2O3/c1-26-18-10-6-5-9-16(18)17-13-22-20(25)21(17)12-11-19(24)23(21)14-15-7-3-2-4-8-15/h2-10,17H,11-14H2,1H3,(H,22,25)/t17-,21-/m0/s1. The normalized spacial score (nSPS) is 25.0. The molecule has 2 aromatic carbocycles. The zero-order chi connectivity index (χ0) is 18.1. The number of likely N-dealkylation sites (tertiary alicyclic amines) is 1. The van der Waals surface area contributed by atoms with Crippen molar-refractivity contribution < 1.29 is 14.3 Å². The Kier molecular flexibility index (Phi) is 4.15. The average molecular weight is 350 g/mol. The lowest BCUT2D eigenvalue weighted by Crippen LogP contribution is -2.53. The fourth-order valence-corrected chi connectivity index (χ4v) is 4.38. The van der Waals surface area contributed by atoms with E-state index in [1.165, 1.54) is 0 Å². The predicted molar refractivity (Wildman–Crippen MR) is 97.7 cm³/mol. The zero-order valence-corrected chi connectivity index (χ0v) is 14.8. The maximum Gasteiger partial charge on any atom is 0.246 e. The molecule has 0 aromatic heterocycles. The molecule has 1 spiro atoms. The van der Waals surface area contributed by atoms with E-state index < -0.39 is 5.54 Å². The first-order chi connectivity index (χ1) is 12.7. The highest BCUT2D eigenvalue weighted by atomic mass is 16.5. The number of ether oxygens (including phenoxy) is 1. The molecule has 5 nitrogen and oxygen atoms in total. The van der Waals surface area contributed by atoms with Gasteiger partial charge in [0.05, 0.1) is 7.11 Å². The first-order valence-corrected chi connectivity index (χ1v) is 8.92. The molecule has 2 amide bonds.